The number of nitrogens with one attached hydrogen (secondary N) is 2. The lowest BCUT2D eigenvalue weighted by molar-refractivity contribution is 0.0941. The lowest BCUT2D eigenvalue weighted by atomic mass is 9.86. The Balaban J connectivity index is 2.21. The van der Waals surface area contributed by atoms with E-state index in [1.54, 1.807) is 0 Å². The van der Waals surface area contributed by atoms with E-state index in [1.165, 1.54) is 29.7 Å². The molecule has 0 heterocycles. The Bertz CT molecular complexity index is 600. The van der Waals surface area contributed by atoms with Gasteiger partial charge in [0.05, 0.1) is 0 Å². The normalized spacial score (nSPS) is 20.6. The Morgan fingerprint density at radius 3 is 2.00 bits per heavy atom. The summed E-state index contributed by atoms with van der Waals surface area (Å²) in [5.41, 5.74) is 12.6. The first kappa shape index (κ1) is 19.8. The molecular formula is C21H35N3O. The van der Waals surface area contributed by atoms with Crippen molar-refractivity contribution in [1.82, 2.24) is 5.32 Å². The van der Waals surface area contributed by atoms with E-state index in [1.807, 2.05) is 13.8 Å². The van der Waals surface area contributed by atoms with Crippen molar-refractivity contribution in [3.63, 3.8) is 0 Å². The van der Waals surface area contributed by atoms with Gasteiger partial charge in [-0.25, -0.2) is 0 Å². The van der Waals surface area contributed by atoms with Crippen LogP contribution < -0.4 is 16.4 Å². The van der Waals surface area contributed by atoms with Crippen molar-refractivity contribution in [3.8, 4) is 0 Å². The number of hydrogen-bond donors (Lipinski definition) is 3. The van der Waals surface area contributed by atoms with Gasteiger partial charge in [-0.15, -0.1) is 0 Å². The van der Waals surface area contributed by atoms with Crippen molar-refractivity contribution in [2.24, 2.45) is 11.7 Å². The first-order valence-corrected chi connectivity index (χ1v) is 9.63. The average Bonchev–Trinajstić information content (AvgIpc) is 2.54. The van der Waals surface area contributed by atoms with Gasteiger partial charge in [0.1, 0.15) is 0 Å². The molecule has 1 aliphatic carbocycles. The predicted octanol–water partition coefficient (Wildman–Crippen LogP) is 3.99. The second kappa shape index (κ2) is 8.22. The first-order chi connectivity index (χ1) is 11.7. The largest absolute Gasteiger partial charge is 0.384 e. The number of nitrogens with two attached hydrogens (primary N) is 1. The zero-order chi connectivity index (χ0) is 18.7. The smallest absolute Gasteiger partial charge is 0.252 e. The highest BCUT2D eigenvalue weighted by Crippen LogP contribution is 2.32. The summed E-state index contributed by atoms with van der Waals surface area (Å²) < 4.78 is 0. The van der Waals surface area contributed by atoms with Crippen molar-refractivity contribution in [3.05, 3.63) is 27.8 Å². The SMILES string of the molecule is Cc1c(C)c(C(=O)NC(C)C)c(C)c(C)c1NCC1CCC(N)CC1. The Hall–Kier alpha value is -1.55. The molecule has 1 aliphatic rings. The molecule has 1 saturated carbocycles. The zero-order valence-corrected chi connectivity index (χ0v) is 16.8. The fourth-order valence-corrected chi connectivity index (χ4v) is 3.89. The minimum atomic E-state index is 0.0315. The molecule has 4 N–H and O–H groups in total. The van der Waals surface area contributed by atoms with Crippen LogP contribution in [0, 0.1) is 33.6 Å². The van der Waals surface area contributed by atoms with Gasteiger partial charge in [-0.05, 0) is 95.4 Å². The summed E-state index contributed by atoms with van der Waals surface area (Å²) in [6, 6.07) is 0.533. The van der Waals surface area contributed by atoms with E-state index in [-0.39, 0.29) is 11.9 Å². The van der Waals surface area contributed by atoms with Gasteiger partial charge in [0.25, 0.3) is 5.91 Å². The molecule has 0 bridgehead atoms. The highest BCUT2D eigenvalue weighted by molar-refractivity contribution is 5.99. The second-order valence-corrected chi connectivity index (χ2v) is 8.04. The summed E-state index contributed by atoms with van der Waals surface area (Å²) >= 11 is 0. The molecule has 4 nitrogen and oxygen atoms in total. The molecule has 140 valence electrons. The van der Waals surface area contributed by atoms with Crippen LogP contribution in [0.5, 0.6) is 0 Å². The zero-order valence-electron chi connectivity index (χ0n) is 16.8. The molecule has 1 fully saturated rings. The maximum atomic E-state index is 12.6. The molecule has 0 radical (unpaired) electrons. The molecule has 4 heteroatoms. The summed E-state index contributed by atoms with van der Waals surface area (Å²) in [6.45, 7) is 13.3. The monoisotopic (exact) mass is 345 g/mol. The second-order valence-electron chi connectivity index (χ2n) is 8.04. The van der Waals surface area contributed by atoms with Crippen LogP contribution in [0.3, 0.4) is 0 Å². The number of amides is 1. The highest BCUT2D eigenvalue weighted by Gasteiger charge is 2.22. The average molecular weight is 346 g/mol. The molecule has 25 heavy (non-hydrogen) atoms. The minimum absolute atomic E-state index is 0.0315. The fourth-order valence-electron chi connectivity index (χ4n) is 3.89. The van der Waals surface area contributed by atoms with Gasteiger partial charge in [-0.3, -0.25) is 4.79 Å². The number of hydrogen-bond acceptors (Lipinski definition) is 3. The van der Waals surface area contributed by atoms with Crippen molar-refractivity contribution >= 4 is 11.6 Å². The lowest BCUT2D eigenvalue weighted by Crippen LogP contribution is -2.32. The van der Waals surface area contributed by atoms with E-state index < -0.39 is 0 Å². The van der Waals surface area contributed by atoms with Crippen LogP contribution in [0.2, 0.25) is 0 Å². The summed E-state index contributed by atoms with van der Waals surface area (Å²) in [4.78, 5) is 12.6. The van der Waals surface area contributed by atoms with Gasteiger partial charge in [0, 0.05) is 29.9 Å². The molecular weight excluding hydrogens is 310 g/mol. The van der Waals surface area contributed by atoms with Crippen LogP contribution in [0.1, 0.15) is 72.1 Å². The van der Waals surface area contributed by atoms with Gasteiger partial charge >= 0.3 is 0 Å². The van der Waals surface area contributed by atoms with Crippen LogP contribution in [0.4, 0.5) is 5.69 Å². The third kappa shape index (κ3) is 4.55. The van der Waals surface area contributed by atoms with Gasteiger partial charge in [-0.1, -0.05) is 0 Å². The number of benzene rings is 1. The predicted molar refractivity (Wildman–Crippen MR) is 106 cm³/mol. The van der Waals surface area contributed by atoms with Gasteiger partial charge in [-0.2, -0.15) is 0 Å². The van der Waals surface area contributed by atoms with E-state index in [4.69, 9.17) is 5.73 Å². The Labute approximate surface area is 153 Å². The molecule has 1 amide bonds. The van der Waals surface area contributed by atoms with E-state index in [9.17, 15) is 4.79 Å². The van der Waals surface area contributed by atoms with Crippen LogP contribution in [0.15, 0.2) is 0 Å². The molecule has 0 unspecified atom stereocenters. The Morgan fingerprint density at radius 1 is 1.00 bits per heavy atom. The molecule has 0 spiro atoms. The maximum absolute atomic E-state index is 12.6. The van der Waals surface area contributed by atoms with Crippen molar-refractivity contribution in [1.29, 1.82) is 0 Å². The minimum Gasteiger partial charge on any atom is -0.384 e. The maximum Gasteiger partial charge on any atom is 0.252 e. The topological polar surface area (TPSA) is 67.2 Å². The quantitative estimate of drug-likeness (QED) is 0.756. The molecule has 0 saturated heterocycles. The third-order valence-electron chi connectivity index (χ3n) is 5.73. The lowest BCUT2D eigenvalue weighted by Gasteiger charge is -2.28. The molecule has 1 aromatic carbocycles. The number of anilines is 1. The van der Waals surface area contributed by atoms with Crippen molar-refractivity contribution in [2.75, 3.05) is 11.9 Å². The number of rotatable bonds is 5. The molecule has 2 rings (SSSR count). The van der Waals surface area contributed by atoms with Crippen molar-refractivity contribution < 1.29 is 4.79 Å². The first-order valence-electron chi connectivity index (χ1n) is 9.63. The van der Waals surface area contributed by atoms with E-state index in [0.717, 1.165) is 36.1 Å². The third-order valence-corrected chi connectivity index (χ3v) is 5.73. The molecule has 0 atom stereocenters. The van der Waals surface area contributed by atoms with Crippen LogP contribution in [-0.4, -0.2) is 24.5 Å². The fraction of sp³-hybridized carbons (Fsp3) is 0.667. The van der Waals surface area contributed by atoms with Gasteiger partial charge in [0.15, 0.2) is 0 Å². The van der Waals surface area contributed by atoms with Crippen LogP contribution in [-0.2, 0) is 0 Å². The Kier molecular flexibility index (Phi) is 6.50. The number of carbonyl (C=O) groups is 1. The summed E-state index contributed by atoms with van der Waals surface area (Å²) in [7, 11) is 0. The van der Waals surface area contributed by atoms with Crippen LogP contribution >= 0.6 is 0 Å². The highest BCUT2D eigenvalue weighted by atomic mass is 16.1. The standard InChI is InChI=1S/C21H35N3O/c1-12(2)24-21(25)19-13(3)15(5)20(16(6)14(19)4)23-11-17-7-9-18(22)10-8-17/h12,17-18,23H,7-11,22H2,1-6H3,(H,24,25). The summed E-state index contributed by atoms with van der Waals surface area (Å²) in [6.07, 6.45) is 4.69. The summed E-state index contributed by atoms with van der Waals surface area (Å²) in [5.74, 6) is 0.729. The van der Waals surface area contributed by atoms with Gasteiger partial charge < -0.3 is 16.4 Å². The molecule has 1 aromatic rings. The van der Waals surface area contributed by atoms with E-state index in [2.05, 4.69) is 38.3 Å². The molecule has 0 aromatic heterocycles. The molecule has 0 aliphatic heterocycles. The Morgan fingerprint density at radius 2 is 1.52 bits per heavy atom. The number of carbonyl (C=O) groups excluding carboxylic acids is 1. The van der Waals surface area contributed by atoms with Crippen LogP contribution in [0.25, 0.3) is 0 Å². The summed E-state index contributed by atoms with van der Waals surface area (Å²) in [5, 5.41) is 6.71. The van der Waals surface area contributed by atoms with E-state index >= 15 is 0 Å². The van der Waals surface area contributed by atoms with E-state index in [0.29, 0.717) is 12.0 Å². The van der Waals surface area contributed by atoms with Gasteiger partial charge in [0.2, 0.25) is 0 Å². The van der Waals surface area contributed by atoms with Crippen molar-refractivity contribution in [2.45, 2.75) is 79.3 Å².